The van der Waals surface area contributed by atoms with E-state index in [1.165, 1.54) is 17.1 Å². The van der Waals surface area contributed by atoms with E-state index in [9.17, 15) is 0 Å². The number of thioether (sulfide) groups is 1. The van der Waals surface area contributed by atoms with Crippen molar-refractivity contribution in [2.45, 2.75) is 24.6 Å². The molecule has 1 aliphatic heterocycles. The number of hydrogen-bond donors (Lipinski definition) is 1. The third-order valence-corrected chi connectivity index (χ3v) is 8.01. The van der Waals surface area contributed by atoms with Crippen molar-refractivity contribution >= 4 is 55.0 Å². The van der Waals surface area contributed by atoms with Crippen molar-refractivity contribution < 1.29 is 0 Å². The van der Waals surface area contributed by atoms with Crippen LogP contribution in [0.15, 0.2) is 14.3 Å². The van der Waals surface area contributed by atoms with Crippen molar-refractivity contribution in [1.29, 1.82) is 0 Å². The summed E-state index contributed by atoms with van der Waals surface area (Å²) < 4.78 is 2.30. The van der Waals surface area contributed by atoms with Crippen LogP contribution >= 0.6 is 55.0 Å². The monoisotopic (exact) mass is 412 g/mol. The lowest BCUT2D eigenvalue weighted by atomic mass is 10.1. The zero-order chi connectivity index (χ0) is 13.1. The Hall–Kier alpha value is 0.930. The molecule has 2 rings (SSSR count). The lowest BCUT2D eigenvalue weighted by Crippen LogP contribution is -2.42. The Bertz CT molecular complexity index is 378. The minimum atomic E-state index is 0.368. The zero-order valence-corrected chi connectivity index (χ0v) is 15.2. The first kappa shape index (κ1) is 15.3. The van der Waals surface area contributed by atoms with Gasteiger partial charge in [-0.05, 0) is 44.3 Å². The summed E-state index contributed by atoms with van der Waals surface area (Å²) in [6.45, 7) is 5.28. The zero-order valence-electron chi connectivity index (χ0n) is 10.4. The van der Waals surface area contributed by atoms with Gasteiger partial charge in [0.25, 0.3) is 0 Å². The number of rotatable bonds is 4. The molecule has 1 fully saturated rings. The van der Waals surface area contributed by atoms with Gasteiger partial charge >= 0.3 is 0 Å². The van der Waals surface area contributed by atoms with Gasteiger partial charge in [-0.3, -0.25) is 4.90 Å². The van der Waals surface area contributed by atoms with Gasteiger partial charge in [0, 0.05) is 40.0 Å². The van der Waals surface area contributed by atoms with Gasteiger partial charge in [0.1, 0.15) is 0 Å². The van der Waals surface area contributed by atoms with Crippen molar-refractivity contribution in [2.75, 3.05) is 25.4 Å². The van der Waals surface area contributed by atoms with Crippen molar-refractivity contribution in [2.24, 2.45) is 5.73 Å². The molecule has 2 heterocycles. The normalized spacial score (nSPS) is 23.2. The molecule has 0 radical (unpaired) electrons. The van der Waals surface area contributed by atoms with Crippen molar-refractivity contribution in [1.82, 2.24) is 4.90 Å². The Morgan fingerprint density at radius 2 is 2.33 bits per heavy atom. The predicted molar refractivity (Wildman–Crippen MR) is 89.6 cm³/mol. The van der Waals surface area contributed by atoms with Gasteiger partial charge in [-0.15, -0.1) is 11.3 Å². The number of hydrogen-bond acceptors (Lipinski definition) is 4. The first-order chi connectivity index (χ1) is 8.65. The van der Waals surface area contributed by atoms with Gasteiger partial charge in [0.05, 0.1) is 9.83 Å². The van der Waals surface area contributed by atoms with E-state index in [4.69, 9.17) is 5.73 Å². The fraction of sp³-hybridized carbons (Fsp3) is 0.667. The quantitative estimate of drug-likeness (QED) is 0.805. The van der Waals surface area contributed by atoms with Gasteiger partial charge in [-0.2, -0.15) is 11.8 Å². The second-order valence-electron chi connectivity index (χ2n) is 4.42. The summed E-state index contributed by atoms with van der Waals surface area (Å²) in [6, 6.07) is 2.57. The fourth-order valence-electron chi connectivity index (χ4n) is 2.24. The molecule has 1 aliphatic rings. The Labute approximate surface area is 134 Å². The largest absolute Gasteiger partial charge is 0.329 e. The van der Waals surface area contributed by atoms with Crippen LogP contribution in [0, 0.1) is 0 Å². The highest BCUT2D eigenvalue weighted by molar-refractivity contribution is 9.13. The van der Waals surface area contributed by atoms with Gasteiger partial charge < -0.3 is 5.73 Å². The molecule has 0 aromatic carbocycles. The first-order valence-electron chi connectivity index (χ1n) is 6.16. The van der Waals surface area contributed by atoms with Gasteiger partial charge in [-0.1, -0.05) is 6.92 Å². The molecule has 2 atom stereocenters. The van der Waals surface area contributed by atoms with Gasteiger partial charge in [0.15, 0.2) is 0 Å². The average molecular weight is 414 g/mol. The maximum absolute atomic E-state index is 6.01. The minimum Gasteiger partial charge on any atom is -0.329 e. The summed E-state index contributed by atoms with van der Waals surface area (Å²) in [5, 5.41) is 0.764. The summed E-state index contributed by atoms with van der Waals surface area (Å²) in [7, 11) is 0. The molecule has 1 aromatic rings. The van der Waals surface area contributed by atoms with Crippen LogP contribution in [0.2, 0.25) is 0 Å². The van der Waals surface area contributed by atoms with Crippen LogP contribution in [0.1, 0.15) is 24.3 Å². The molecule has 0 saturated carbocycles. The van der Waals surface area contributed by atoms with E-state index in [1.54, 1.807) is 11.3 Å². The van der Waals surface area contributed by atoms with Crippen LogP contribution in [-0.2, 0) is 0 Å². The highest BCUT2D eigenvalue weighted by Crippen LogP contribution is 2.38. The van der Waals surface area contributed by atoms with Gasteiger partial charge in [0.2, 0.25) is 0 Å². The van der Waals surface area contributed by atoms with Crippen LogP contribution < -0.4 is 5.73 Å². The maximum atomic E-state index is 6.01. The van der Waals surface area contributed by atoms with Crippen LogP contribution in [0.5, 0.6) is 0 Å². The third-order valence-electron chi connectivity index (χ3n) is 3.28. The van der Waals surface area contributed by atoms with E-state index >= 15 is 0 Å². The van der Waals surface area contributed by atoms with Crippen LogP contribution in [0.4, 0.5) is 0 Å². The molecule has 0 spiro atoms. The SMILES string of the molecule is CCC1CN(C(CN)c2cc(Br)c(Br)s2)CCS1. The summed E-state index contributed by atoms with van der Waals surface area (Å²) in [4.78, 5) is 3.91. The Kier molecular flexibility index (Phi) is 6.03. The van der Waals surface area contributed by atoms with E-state index in [2.05, 4.69) is 61.5 Å². The van der Waals surface area contributed by atoms with Crippen molar-refractivity contribution in [3.8, 4) is 0 Å². The predicted octanol–water partition coefficient (Wildman–Crippen LogP) is 4.10. The molecule has 1 saturated heterocycles. The van der Waals surface area contributed by atoms with E-state index in [1.807, 2.05) is 0 Å². The number of halogens is 2. The van der Waals surface area contributed by atoms with E-state index in [-0.39, 0.29) is 0 Å². The molecule has 0 amide bonds. The molecule has 0 bridgehead atoms. The highest BCUT2D eigenvalue weighted by atomic mass is 79.9. The molecule has 102 valence electrons. The summed E-state index contributed by atoms with van der Waals surface area (Å²) in [5.41, 5.74) is 6.01. The second kappa shape index (κ2) is 7.09. The first-order valence-corrected chi connectivity index (χ1v) is 9.61. The smallest absolute Gasteiger partial charge is 0.0843 e. The number of nitrogens with two attached hydrogens (primary N) is 1. The lowest BCUT2D eigenvalue weighted by molar-refractivity contribution is 0.210. The molecular formula is C12H18Br2N2S2. The number of nitrogens with zero attached hydrogens (tertiary/aromatic N) is 1. The standard InChI is InChI=1S/C12H18Br2N2S2/c1-2-8-7-16(3-4-17-8)10(6-15)11-5-9(13)12(14)18-11/h5,8,10H,2-4,6-7,15H2,1H3. The maximum Gasteiger partial charge on any atom is 0.0843 e. The topological polar surface area (TPSA) is 29.3 Å². The van der Waals surface area contributed by atoms with E-state index in [0.29, 0.717) is 12.6 Å². The minimum absolute atomic E-state index is 0.368. The Morgan fingerprint density at radius 1 is 1.56 bits per heavy atom. The highest BCUT2D eigenvalue weighted by Gasteiger charge is 2.27. The molecule has 2 unspecified atom stereocenters. The van der Waals surface area contributed by atoms with Crippen molar-refractivity contribution in [3.63, 3.8) is 0 Å². The summed E-state index contributed by atoms with van der Waals surface area (Å²) >= 11 is 11.0. The van der Waals surface area contributed by atoms with Crippen LogP contribution in [0.3, 0.4) is 0 Å². The lowest BCUT2D eigenvalue weighted by Gasteiger charge is -2.36. The van der Waals surface area contributed by atoms with Crippen LogP contribution in [-0.4, -0.2) is 35.5 Å². The molecule has 2 nitrogen and oxygen atoms in total. The molecule has 2 N–H and O–H groups in total. The Morgan fingerprint density at radius 3 is 2.89 bits per heavy atom. The third kappa shape index (κ3) is 3.52. The number of thiophene rings is 1. The molecular weight excluding hydrogens is 396 g/mol. The molecule has 1 aromatic heterocycles. The van der Waals surface area contributed by atoms with E-state index < -0.39 is 0 Å². The van der Waals surface area contributed by atoms with Crippen LogP contribution in [0.25, 0.3) is 0 Å². The average Bonchev–Trinajstić information content (AvgIpc) is 2.70. The molecule has 0 aliphatic carbocycles. The molecule has 6 heteroatoms. The fourth-order valence-corrected chi connectivity index (χ4v) is 5.69. The van der Waals surface area contributed by atoms with Gasteiger partial charge in [-0.25, -0.2) is 0 Å². The van der Waals surface area contributed by atoms with E-state index in [0.717, 1.165) is 26.6 Å². The summed E-state index contributed by atoms with van der Waals surface area (Å²) in [5.74, 6) is 1.22. The van der Waals surface area contributed by atoms with Crippen molar-refractivity contribution in [3.05, 3.63) is 19.2 Å². The molecule has 18 heavy (non-hydrogen) atoms. The Balaban J connectivity index is 2.12. The summed E-state index contributed by atoms with van der Waals surface area (Å²) in [6.07, 6.45) is 1.25. The second-order valence-corrected chi connectivity index (χ2v) is 9.08.